The van der Waals surface area contributed by atoms with Gasteiger partial charge in [0.25, 0.3) is 0 Å². The van der Waals surface area contributed by atoms with Crippen LogP contribution in [0.3, 0.4) is 0 Å². The quantitative estimate of drug-likeness (QED) is 0.495. The van der Waals surface area contributed by atoms with Gasteiger partial charge in [-0.05, 0) is 73.1 Å². The molecule has 1 fully saturated rings. The van der Waals surface area contributed by atoms with E-state index in [4.69, 9.17) is 9.47 Å². The number of urea groups is 1. The maximum absolute atomic E-state index is 13.5. The van der Waals surface area contributed by atoms with E-state index in [0.29, 0.717) is 49.9 Å². The van der Waals surface area contributed by atoms with E-state index in [1.807, 2.05) is 71.6 Å². The minimum absolute atomic E-state index is 0.0395. The summed E-state index contributed by atoms with van der Waals surface area (Å²) in [5.74, 6) is 1.21. The molecule has 0 spiro atoms. The SMILES string of the molecule is CCOc1cn2nc(C)cc2cc1NC(=O)N1CCc2c(N3C[C@@H](C)N(C(=O)OC(C)(C)C)[C@@H](C)C3)ccnc21. The highest BCUT2D eigenvalue weighted by Gasteiger charge is 2.38. The van der Waals surface area contributed by atoms with E-state index in [-0.39, 0.29) is 24.2 Å². The summed E-state index contributed by atoms with van der Waals surface area (Å²) in [5.41, 5.74) is 3.88. The summed E-state index contributed by atoms with van der Waals surface area (Å²) in [4.78, 5) is 36.8. The fraction of sp³-hybridized carbons (Fsp3) is 0.517. The minimum atomic E-state index is -0.545. The number of nitrogens with zero attached hydrogens (tertiary/aromatic N) is 6. The Bertz CT molecular complexity index is 1420. The summed E-state index contributed by atoms with van der Waals surface area (Å²) in [5, 5.41) is 7.49. The lowest BCUT2D eigenvalue weighted by molar-refractivity contribution is 0.00565. The van der Waals surface area contributed by atoms with E-state index in [9.17, 15) is 9.59 Å². The molecule has 2 aliphatic rings. The second-order valence-corrected chi connectivity index (χ2v) is 11.6. The molecule has 0 saturated carbocycles. The first-order valence-electron chi connectivity index (χ1n) is 13.9. The van der Waals surface area contributed by atoms with Crippen molar-refractivity contribution in [2.24, 2.45) is 0 Å². The van der Waals surface area contributed by atoms with E-state index in [1.165, 1.54) is 0 Å². The average molecular weight is 550 g/mol. The third kappa shape index (κ3) is 5.37. The summed E-state index contributed by atoms with van der Waals surface area (Å²) in [6.07, 6.45) is 3.95. The number of aromatic nitrogens is 3. The molecule has 5 rings (SSSR count). The molecule has 2 atom stereocenters. The summed E-state index contributed by atoms with van der Waals surface area (Å²) in [6, 6.07) is 5.49. The number of piperazine rings is 1. The highest BCUT2D eigenvalue weighted by atomic mass is 16.6. The molecular formula is C29H39N7O4. The zero-order valence-corrected chi connectivity index (χ0v) is 24.4. The normalized spacial score (nSPS) is 19.1. The zero-order chi connectivity index (χ0) is 28.8. The predicted molar refractivity (Wildman–Crippen MR) is 155 cm³/mol. The van der Waals surface area contributed by atoms with Crippen LogP contribution in [0, 0.1) is 6.92 Å². The van der Waals surface area contributed by atoms with E-state index in [1.54, 1.807) is 21.8 Å². The maximum Gasteiger partial charge on any atom is 0.410 e. The van der Waals surface area contributed by atoms with Crippen molar-refractivity contribution in [2.75, 3.05) is 41.4 Å². The van der Waals surface area contributed by atoms with Gasteiger partial charge >= 0.3 is 12.1 Å². The number of fused-ring (bicyclic) bond motifs is 2. The van der Waals surface area contributed by atoms with Crippen LogP contribution in [0.2, 0.25) is 0 Å². The van der Waals surface area contributed by atoms with Crippen LogP contribution in [-0.2, 0) is 11.2 Å². The Kier molecular flexibility index (Phi) is 7.24. The lowest BCUT2D eigenvalue weighted by Crippen LogP contribution is -2.59. The number of rotatable bonds is 4. The van der Waals surface area contributed by atoms with Crippen LogP contribution >= 0.6 is 0 Å². The van der Waals surface area contributed by atoms with Crippen LogP contribution in [-0.4, -0.2) is 75.5 Å². The lowest BCUT2D eigenvalue weighted by atomic mass is 10.1. The third-order valence-corrected chi connectivity index (χ3v) is 7.18. The van der Waals surface area contributed by atoms with Gasteiger partial charge in [-0.1, -0.05) is 0 Å². The van der Waals surface area contributed by atoms with Gasteiger partial charge in [0.15, 0.2) is 5.75 Å². The number of amides is 3. The Morgan fingerprint density at radius 3 is 2.55 bits per heavy atom. The fourth-order valence-corrected chi connectivity index (χ4v) is 5.66. The van der Waals surface area contributed by atoms with E-state index in [0.717, 1.165) is 22.5 Å². The molecule has 214 valence electrons. The molecule has 40 heavy (non-hydrogen) atoms. The van der Waals surface area contributed by atoms with Crippen LogP contribution in [0.15, 0.2) is 30.6 Å². The molecule has 11 heteroatoms. The number of nitrogens with one attached hydrogen (secondary N) is 1. The number of carbonyl (C=O) groups excluding carboxylic acids is 2. The summed E-state index contributed by atoms with van der Waals surface area (Å²) in [7, 11) is 0. The smallest absolute Gasteiger partial charge is 0.410 e. The van der Waals surface area contributed by atoms with Crippen molar-refractivity contribution in [1.29, 1.82) is 0 Å². The first-order chi connectivity index (χ1) is 18.9. The van der Waals surface area contributed by atoms with Gasteiger partial charge in [0.05, 0.1) is 41.8 Å². The summed E-state index contributed by atoms with van der Waals surface area (Å²) in [6.45, 7) is 15.9. The van der Waals surface area contributed by atoms with Gasteiger partial charge in [0.2, 0.25) is 0 Å². The summed E-state index contributed by atoms with van der Waals surface area (Å²) < 4.78 is 13.2. The monoisotopic (exact) mass is 549 g/mol. The van der Waals surface area contributed by atoms with E-state index >= 15 is 0 Å². The zero-order valence-electron chi connectivity index (χ0n) is 24.4. The number of carbonyl (C=O) groups is 2. The van der Waals surface area contributed by atoms with Crippen molar-refractivity contribution in [3.8, 4) is 5.75 Å². The molecule has 2 aliphatic heterocycles. The molecule has 11 nitrogen and oxygen atoms in total. The molecule has 0 aromatic carbocycles. The lowest BCUT2D eigenvalue weighted by Gasteiger charge is -2.45. The van der Waals surface area contributed by atoms with Gasteiger partial charge in [-0.2, -0.15) is 5.10 Å². The van der Waals surface area contributed by atoms with E-state index < -0.39 is 5.60 Å². The summed E-state index contributed by atoms with van der Waals surface area (Å²) >= 11 is 0. The topological polar surface area (TPSA) is 105 Å². The van der Waals surface area contributed by atoms with Crippen LogP contribution < -0.4 is 19.9 Å². The van der Waals surface area contributed by atoms with Crippen LogP contribution in [0.4, 0.5) is 26.8 Å². The third-order valence-electron chi connectivity index (χ3n) is 7.18. The maximum atomic E-state index is 13.5. The first kappa shape index (κ1) is 27.5. The van der Waals surface area contributed by atoms with Gasteiger partial charge in [0, 0.05) is 37.1 Å². The number of anilines is 3. The molecule has 3 amide bonds. The van der Waals surface area contributed by atoms with Gasteiger partial charge < -0.3 is 19.7 Å². The Labute approximate surface area is 235 Å². The second kappa shape index (κ2) is 10.5. The van der Waals surface area contributed by atoms with Crippen LogP contribution in [0.25, 0.3) is 5.52 Å². The molecule has 0 bridgehead atoms. The number of aryl methyl sites for hydroxylation is 1. The standard InChI is InChI=1S/C29H39N7O4/c1-8-39-25-17-35-21(13-18(2)32-35)14-23(25)31-27(37)34-12-10-22-24(9-11-30-26(22)34)33-15-19(3)36(20(4)16-33)28(38)40-29(5,6)7/h9,11,13-14,17,19-20H,8,10,12,15-16H2,1-7H3,(H,31,37)/t19-,20+. The van der Waals surface area contributed by atoms with Crippen molar-refractivity contribution in [1.82, 2.24) is 19.5 Å². The van der Waals surface area contributed by atoms with Crippen molar-refractivity contribution >= 4 is 34.8 Å². The first-order valence-corrected chi connectivity index (χ1v) is 13.9. The van der Waals surface area contributed by atoms with Crippen molar-refractivity contribution in [2.45, 2.75) is 72.6 Å². The minimum Gasteiger partial charge on any atom is -0.490 e. The number of pyridine rings is 2. The number of hydrogen-bond donors (Lipinski definition) is 1. The molecule has 0 aliphatic carbocycles. The number of hydrogen-bond acceptors (Lipinski definition) is 7. The Hall–Kier alpha value is -4.02. The Morgan fingerprint density at radius 1 is 1.15 bits per heavy atom. The van der Waals surface area contributed by atoms with E-state index in [2.05, 4.69) is 20.3 Å². The van der Waals surface area contributed by atoms with Gasteiger partial charge in [-0.15, -0.1) is 0 Å². The Balaban J connectivity index is 1.35. The molecule has 1 N–H and O–H groups in total. The molecule has 5 heterocycles. The fourth-order valence-electron chi connectivity index (χ4n) is 5.66. The van der Waals surface area contributed by atoms with Crippen LogP contribution in [0.5, 0.6) is 5.75 Å². The van der Waals surface area contributed by atoms with Gasteiger partial charge in [0.1, 0.15) is 11.4 Å². The molecule has 1 saturated heterocycles. The van der Waals surface area contributed by atoms with Crippen molar-refractivity contribution < 1.29 is 19.1 Å². The highest BCUT2D eigenvalue weighted by molar-refractivity contribution is 6.04. The van der Waals surface area contributed by atoms with Crippen molar-refractivity contribution in [3.05, 3.63) is 41.9 Å². The molecule has 0 radical (unpaired) electrons. The number of ether oxygens (including phenoxy) is 2. The molecular weight excluding hydrogens is 510 g/mol. The predicted octanol–water partition coefficient (Wildman–Crippen LogP) is 4.87. The van der Waals surface area contributed by atoms with Gasteiger partial charge in [-0.25, -0.2) is 19.1 Å². The second-order valence-electron chi connectivity index (χ2n) is 11.6. The van der Waals surface area contributed by atoms with Crippen LogP contribution in [0.1, 0.15) is 52.8 Å². The average Bonchev–Trinajstić information content (AvgIpc) is 3.45. The Morgan fingerprint density at radius 2 is 1.88 bits per heavy atom. The largest absolute Gasteiger partial charge is 0.490 e. The molecule has 0 unspecified atom stereocenters. The van der Waals surface area contributed by atoms with Gasteiger partial charge in [-0.3, -0.25) is 9.80 Å². The highest BCUT2D eigenvalue weighted by Crippen LogP contribution is 2.36. The molecule has 3 aromatic heterocycles. The van der Waals surface area contributed by atoms with Crippen molar-refractivity contribution in [3.63, 3.8) is 0 Å². The molecule has 3 aromatic rings.